The number of likely N-dealkylation sites (tertiary alicyclic amines) is 1. The van der Waals surface area contributed by atoms with Crippen molar-refractivity contribution in [1.29, 1.82) is 5.26 Å². The third kappa shape index (κ3) is 2.96. The third-order valence-electron chi connectivity index (χ3n) is 3.21. The summed E-state index contributed by atoms with van der Waals surface area (Å²) in [6.07, 6.45) is 1.35. The number of nitrogens with zero attached hydrogens (tertiary/aromatic N) is 2. The van der Waals surface area contributed by atoms with Gasteiger partial charge in [-0.1, -0.05) is 0 Å². The molecule has 1 saturated heterocycles. The summed E-state index contributed by atoms with van der Waals surface area (Å²) < 4.78 is 0. The molecule has 1 aliphatic heterocycles. The quantitative estimate of drug-likeness (QED) is 0.761. The van der Waals surface area contributed by atoms with E-state index in [2.05, 4.69) is 5.32 Å². The molecule has 0 spiro atoms. The number of nitriles is 1. The van der Waals surface area contributed by atoms with Gasteiger partial charge in [0.15, 0.2) is 0 Å². The smallest absolute Gasteiger partial charge is 0.242 e. The molecule has 0 aromatic rings. The summed E-state index contributed by atoms with van der Waals surface area (Å²) in [7, 11) is 1.62. The largest absolute Gasteiger partial charge is 0.359 e. The lowest BCUT2D eigenvalue weighted by molar-refractivity contribution is -0.140. The lowest BCUT2D eigenvalue weighted by Gasteiger charge is -2.34. The Bertz CT molecular complexity index is 349. The van der Waals surface area contributed by atoms with E-state index in [9.17, 15) is 9.59 Å². The van der Waals surface area contributed by atoms with Gasteiger partial charge in [0.2, 0.25) is 11.8 Å². The zero-order valence-corrected chi connectivity index (χ0v) is 10.6. The summed E-state index contributed by atoms with van der Waals surface area (Å²) in [5, 5.41) is 11.5. The molecule has 17 heavy (non-hydrogen) atoms. The Kier molecular flexibility index (Phi) is 4.11. The van der Waals surface area contributed by atoms with Crippen LogP contribution in [0.5, 0.6) is 0 Å². The number of carbonyl (C=O) groups is 2. The van der Waals surface area contributed by atoms with Crippen LogP contribution in [0.4, 0.5) is 0 Å². The molecule has 0 atom stereocenters. The zero-order chi connectivity index (χ0) is 13.1. The molecular weight excluding hydrogens is 218 g/mol. The summed E-state index contributed by atoms with van der Waals surface area (Å²) in [5.74, 6) is -0.110. The van der Waals surface area contributed by atoms with E-state index < -0.39 is 5.41 Å². The monoisotopic (exact) mass is 237 g/mol. The normalized spacial score (nSPS) is 17.4. The molecule has 2 amide bonds. The Morgan fingerprint density at radius 1 is 1.35 bits per heavy atom. The highest BCUT2D eigenvalue weighted by molar-refractivity contribution is 5.85. The molecule has 0 saturated carbocycles. The van der Waals surface area contributed by atoms with Crippen LogP contribution >= 0.6 is 0 Å². The summed E-state index contributed by atoms with van der Waals surface area (Å²) in [5.41, 5.74) is -0.972. The molecule has 0 aromatic carbocycles. The summed E-state index contributed by atoms with van der Waals surface area (Å²) in [6.45, 7) is 4.37. The van der Waals surface area contributed by atoms with E-state index in [4.69, 9.17) is 5.26 Å². The highest BCUT2D eigenvalue weighted by Gasteiger charge is 2.35. The molecule has 5 nitrogen and oxygen atoms in total. The van der Waals surface area contributed by atoms with Crippen molar-refractivity contribution in [3.8, 4) is 6.07 Å². The Morgan fingerprint density at radius 3 is 2.29 bits per heavy atom. The van der Waals surface area contributed by atoms with E-state index in [1.807, 2.05) is 6.07 Å². The summed E-state index contributed by atoms with van der Waals surface area (Å²) in [6, 6.07) is 2.01. The Morgan fingerprint density at radius 2 is 1.88 bits per heavy atom. The Balaban J connectivity index is 2.56. The highest BCUT2D eigenvalue weighted by atomic mass is 16.2. The minimum Gasteiger partial charge on any atom is -0.359 e. The number of hydrogen-bond acceptors (Lipinski definition) is 3. The molecule has 94 valence electrons. The van der Waals surface area contributed by atoms with Gasteiger partial charge in [0, 0.05) is 26.1 Å². The van der Waals surface area contributed by atoms with Crippen LogP contribution in [0.2, 0.25) is 0 Å². The van der Waals surface area contributed by atoms with Crippen molar-refractivity contribution in [3.05, 3.63) is 0 Å². The van der Waals surface area contributed by atoms with Gasteiger partial charge >= 0.3 is 0 Å². The fourth-order valence-electron chi connectivity index (χ4n) is 1.99. The topological polar surface area (TPSA) is 73.2 Å². The molecule has 0 radical (unpaired) electrons. The lowest BCUT2D eigenvalue weighted by Crippen LogP contribution is -2.46. The van der Waals surface area contributed by atoms with Gasteiger partial charge in [0.25, 0.3) is 0 Å². The van der Waals surface area contributed by atoms with Crippen LogP contribution in [-0.4, -0.2) is 36.9 Å². The minimum atomic E-state index is -0.972. The van der Waals surface area contributed by atoms with E-state index in [0.29, 0.717) is 25.9 Å². The van der Waals surface area contributed by atoms with Crippen molar-refractivity contribution in [3.63, 3.8) is 0 Å². The standard InChI is InChI=1S/C12H19N3O2/c1-12(2,8-13)11(17)15-6-4-9(5-7-15)10(16)14-3/h9H,4-7H2,1-3H3,(H,14,16). The second-order valence-electron chi connectivity index (χ2n) is 4.92. The van der Waals surface area contributed by atoms with Gasteiger partial charge in [0.1, 0.15) is 5.41 Å². The van der Waals surface area contributed by atoms with Gasteiger partial charge in [-0.3, -0.25) is 9.59 Å². The predicted octanol–water partition coefficient (Wildman–Crippen LogP) is 0.521. The average Bonchev–Trinajstić information content (AvgIpc) is 2.37. The molecule has 0 aliphatic carbocycles. The molecular formula is C12H19N3O2. The van der Waals surface area contributed by atoms with Crippen LogP contribution in [0, 0.1) is 22.7 Å². The summed E-state index contributed by atoms with van der Waals surface area (Å²) in [4.78, 5) is 25.1. The molecule has 5 heteroatoms. The number of nitrogens with one attached hydrogen (secondary N) is 1. The number of hydrogen-bond donors (Lipinski definition) is 1. The maximum absolute atomic E-state index is 12.0. The Labute approximate surface area is 102 Å². The van der Waals surface area contributed by atoms with E-state index in [-0.39, 0.29) is 17.7 Å². The van der Waals surface area contributed by atoms with Crippen molar-refractivity contribution in [1.82, 2.24) is 10.2 Å². The fourth-order valence-corrected chi connectivity index (χ4v) is 1.99. The first-order valence-electron chi connectivity index (χ1n) is 5.84. The van der Waals surface area contributed by atoms with Crippen LogP contribution < -0.4 is 5.32 Å². The number of rotatable bonds is 2. The van der Waals surface area contributed by atoms with Crippen molar-refractivity contribution in [2.45, 2.75) is 26.7 Å². The van der Waals surface area contributed by atoms with Gasteiger partial charge in [0.05, 0.1) is 6.07 Å². The fraction of sp³-hybridized carbons (Fsp3) is 0.750. The zero-order valence-electron chi connectivity index (χ0n) is 10.6. The van der Waals surface area contributed by atoms with Crippen molar-refractivity contribution in [2.24, 2.45) is 11.3 Å². The minimum absolute atomic E-state index is 0.00533. The second-order valence-corrected chi connectivity index (χ2v) is 4.92. The molecule has 1 fully saturated rings. The van der Waals surface area contributed by atoms with Crippen LogP contribution in [0.25, 0.3) is 0 Å². The first-order chi connectivity index (χ1) is 7.92. The van der Waals surface area contributed by atoms with E-state index >= 15 is 0 Å². The molecule has 0 aromatic heterocycles. The van der Waals surface area contributed by atoms with Crippen LogP contribution in [0.3, 0.4) is 0 Å². The van der Waals surface area contributed by atoms with Crippen LogP contribution in [0.15, 0.2) is 0 Å². The van der Waals surface area contributed by atoms with Gasteiger partial charge < -0.3 is 10.2 Å². The molecule has 0 unspecified atom stereocenters. The van der Waals surface area contributed by atoms with Crippen molar-refractivity contribution in [2.75, 3.05) is 20.1 Å². The molecule has 0 bridgehead atoms. The third-order valence-corrected chi connectivity index (χ3v) is 3.21. The molecule has 1 aliphatic rings. The van der Waals surface area contributed by atoms with Gasteiger partial charge in [-0.2, -0.15) is 5.26 Å². The first kappa shape index (κ1) is 13.5. The number of piperidine rings is 1. The van der Waals surface area contributed by atoms with Crippen molar-refractivity contribution >= 4 is 11.8 Å². The molecule has 1 rings (SSSR count). The number of amides is 2. The average molecular weight is 237 g/mol. The highest BCUT2D eigenvalue weighted by Crippen LogP contribution is 2.23. The van der Waals surface area contributed by atoms with E-state index in [1.165, 1.54) is 0 Å². The predicted molar refractivity (Wildman–Crippen MR) is 62.8 cm³/mol. The molecule has 1 heterocycles. The maximum atomic E-state index is 12.0. The van der Waals surface area contributed by atoms with Crippen LogP contribution in [-0.2, 0) is 9.59 Å². The lowest BCUT2D eigenvalue weighted by atomic mass is 9.90. The van der Waals surface area contributed by atoms with Crippen LogP contribution in [0.1, 0.15) is 26.7 Å². The van der Waals surface area contributed by atoms with Gasteiger partial charge in [-0.15, -0.1) is 0 Å². The van der Waals surface area contributed by atoms with Gasteiger partial charge in [-0.05, 0) is 26.7 Å². The SMILES string of the molecule is CNC(=O)C1CCN(C(=O)C(C)(C)C#N)CC1. The Hall–Kier alpha value is -1.57. The van der Waals surface area contributed by atoms with E-state index in [1.54, 1.807) is 25.8 Å². The van der Waals surface area contributed by atoms with Gasteiger partial charge in [-0.25, -0.2) is 0 Å². The van der Waals surface area contributed by atoms with Crippen molar-refractivity contribution < 1.29 is 9.59 Å². The first-order valence-corrected chi connectivity index (χ1v) is 5.84. The number of carbonyl (C=O) groups excluding carboxylic acids is 2. The second kappa shape index (κ2) is 5.17. The maximum Gasteiger partial charge on any atom is 0.242 e. The van der Waals surface area contributed by atoms with E-state index in [0.717, 1.165) is 0 Å². The molecule has 1 N–H and O–H groups in total. The summed E-state index contributed by atoms with van der Waals surface area (Å²) >= 11 is 0.